The number of carbonyl (C=O) groups excluding carboxylic acids is 1. The lowest BCUT2D eigenvalue weighted by Crippen LogP contribution is -2.28. The average molecular weight is 303 g/mol. The van der Waals surface area contributed by atoms with Crippen molar-refractivity contribution in [2.45, 2.75) is 19.4 Å². The van der Waals surface area contributed by atoms with Gasteiger partial charge in [0, 0.05) is 42.5 Å². The van der Waals surface area contributed by atoms with E-state index in [9.17, 15) is 9.90 Å². The molecule has 1 aliphatic heterocycles. The molecule has 3 heterocycles. The SMILES string of the molecule is Cc1ccc(C(=O)N2C[C@@H](Cc3cnccn3)[C@H](O)C2)s1. The van der Waals surface area contributed by atoms with Crippen molar-refractivity contribution in [1.29, 1.82) is 0 Å². The van der Waals surface area contributed by atoms with Crippen molar-refractivity contribution >= 4 is 17.2 Å². The molecule has 6 heteroatoms. The first-order valence-corrected chi connectivity index (χ1v) is 7.74. The first kappa shape index (κ1) is 14.2. The third-order valence-electron chi connectivity index (χ3n) is 3.73. The van der Waals surface area contributed by atoms with Gasteiger partial charge >= 0.3 is 0 Å². The number of hydrogen-bond donors (Lipinski definition) is 1. The number of aliphatic hydroxyl groups is 1. The van der Waals surface area contributed by atoms with Gasteiger partial charge in [-0.25, -0.2) is 0 Å². The Morgan fingerprint density at radius 3 is 2.95 bits per heavy atom. The molecule has 0 spiro atoms. The fraction of sp³-hybridized carbons (Fsp3) is 0.400. The van der Waals surface area contributed by atoms with E-state index < -0.39 is 6.10 Å². The Balaban J connectivity index is 1.67. The summed E-state index contributed by atoms with van der Waals surface area (Å²) in [6.45, 7) is 2.94. The highest BCUT2D eigenvalue weighted by Crippen LogP contribution is 2.24. The maximum absolute atomic E-state index is 12.4. The molecular formula is C15H17N3O2S. The van der Waals surface area contributed by atoms with E-state index >= 15 is 0 Å². The van der Waals surface area contributed by atoms with E-state index in [2.05, 4.69) is 9.97 Å². The highest BCUT2D eigenvalue weighted by Gasteiger charge is 2.34. The highest BCUT2D eigenvalue weighted by atomic mass is 32.1. The molecule has 2 atom stereocenters. The van der Waals surface area contributed by atoms with Crippen molar-refractivity contribution in [3.63, 3.8) is 0 Å². The van der Waals surface area contributed by atoms with Gasteiger partial charge in [-0.3, -0.25) is 14.8 Å². The van der Waals surface area contributed by atoms with Gasteiger partial charge in [-0.2, -0.15) is 0 Å². The molecular weight excluding hydrogens is 286 g/mol. The molecule has 1 fully saturated rings. The number of β-amino-alcohol motifs (C(OH)–C–C–N with tert-alkyl or cyclic N) is 1. The van der Waals surface area contributed by atoms with Crippen molar-refractivity contribution in [3.8, 4) is 0 Å². The number of likely N-dealkylation sites (tertiary alicyclic amines) is 1. The van der Waals surface area contributed by atoms with Crippen molar-refractivity contribution in [3.05, 3.63) is 46.2 Å². The Bertz CT molecular complexity index is 629. The van der Waals surface area contributed by atoms with Gasteiger partial charge in [0.25, 0.3) is 5.91 Å². The van der Waals surface area contributed by atoms with Gasteiger partial charge in [-0.15, -0.1) is 11.3 Å². The number of aromatic nitrogens is 2. The van der Waals surface area contributed by atoms with Gasteiger partial charge in [0.05, 0.1) is 16.7 Å². The van der Waals surface area contributed by atoms with Gasteiger partial charge in [-0.05, 0) is 25.5 Å². The Hall–Kier alpha value is -1.79. The molecule has 0 aliphatic carbocycles. The molecule has 0 bridgehead atoms. The van der Waals surface area contributed by atoms with Crippen molar-refractivity contribution < 1.29 is 9.90 Å². The Morgan fingerprint density at radius 1 is 1.43 bits per heavy atom. The largest absolute Gasteiger partial charge is 0.391 e. The van der Waals surface area contributed by atoms with Crippen LogP contribution in [-0.2, 0) is 6.42 Å². The van der Waals surface area contributed by atoms with Gasteiger partial charge in [0.2, 0.25) is 0 Å². The number of amides is 1. The highest BCUT2D eigenvalue weighted by molar-refractivity contribution is 7.13. The second-order valence-electron chi connectivity index (χ2n) is 5.35. The number of aryl methyl sites for hydroxylation is 1. The molecule has 2 aromatic heterocycles. The third-order valence-corrected chi connectivity index (χ3v) is 4.72. The van der Waals surface area contributed by atoms with Gasteiger partial charge in [0.15, 0.2) is 0 Å². The van der Waals surface area contributed by atoms with Crippen LogP contribution in [0.4, 0.5) is 0 Å². The minimum absolute atomic E-state index is 0.00814. The number of nitrogens with zero attached hydrogens (tertiary/aromatic N) is 3. The van der Waals surface area contributed by atoms with Gasteiger partial charge < -0.3 is 10.0 Å². The first-order chi connectivity index (χ1) is 10.1. The maximum Gasteiger partial charge on any atom is 0.264 e. The molecule has 1 amide bonds. The van der Waals surface area contributed by atoms with E-state index in [1.54, 1.807) is 23.5 Å². The number of thiophene rings is 1. The molecule has 0 radical (unpaired) electrons. The summed E-state index contributed by atoms with van der Waals surface area (Å²) in [5, 5.41) is 10.2. The predicted octanol–water partition coefficient (Wildman–Crippen LogP) is 1.52. The fourth-order valence-corrected chi connectivity index (χ4v) is 3.47. The van der Waals surface area contributed by atoms with Crippen LogP contribution in [0.15, 0.2) is 30.7 Å². The molecule has 1 N–H and O–H groups in total. The lowest BCUT2D eigenvalue weighted by atomic mass is 10.0. The molecule has 0 saturated carbocycles. The first-order valence-electron chi connectivity index (χ1n) is 6.92. The third kappa shape index (κ3) is 3.11. The van der Waals surface area contributed by atoms with Crippen LogP contribution in [0.3, 0.4) is 0 Å². The van der Waals surface area contributed by atoms with Gasteiger partial charge in [-0.1, -0.05) is 0 Å². The predicted molar refractivity (Wildman–Crippen MR) is 80.2 cm³/mol. The molecule has 110 valence electrons. The zero-order chi connectivity index (χ0) is 14.8. The monoisotopic (exact) mass is 303 g/mol. The van der Waals surface area contributed by atoms with Crippen molar-refractivity contribution in [2.75, 3.05) is 13.1 Å². The molecule has 0 aromatic carbocycles. The molecule has 1 aliphatic rings. The summed E-state index contributed by atoms with van der Waals surface area (Å²) in [6, 6.07) is 3.80. The minimum atomic E-state index is -0.503. The van der Waals surface area contributed by atoms with Crippen LogP contribution in [0.5, 0.6) is 0 Å². The average Bonchev–Trinajstić information content (AvgIpc) is 3.06. The lowest BCUT2D eigenvalue weighted by Gasteiger charge is -2.14. The van der Waals surface area contributed by atoms with Crippen LogP contribution in [0.2, 0.25) is 0 Å². The Kier molecular flexibility index (Phi) is 3.98. The molecule has 2 aromatic rings. The number of carbonyl (C=O) groups is 1. The zero-order valence-corrected chi connectivity index (χ0v) is 12.6. The number of rotatable bonds is 3. The minimum Gasteiger partial charge on any atom is -0.391 e. The van der Waals surface area contributed by atoms with Crippen LogP contribution in [0.1, 0.15) is 20.2 Å². The summed E-state index contributed by atoms with van der Waals surface area (Å²) in [5.41, 5.74) is 0.850. The normalized spacial score (nSPS) is 21.7. The van der Waals surface area contributed by atoms with Crippen LogP contribution in [-0.4, -0.2) is 45.1 Å². The van der Waals surface area contributed by atoms with E-state index in [1.165, 1.54) is 11.3 Å². The summed E-state index contributed by atoms with van der Waals surface area (Å²) in [7, 11) is 0. The van der Waals surface area contributed by atoms with E-state index in [0.29, 0.717) is 19.5 Å². The second kappa shape index (κ2) is 5.91. The van der Waals surface area contributed by atoms with Crippen LogP contribution in [0, 0.1) is 12.8 Å². The smallest absolute Gasteiger partial charge is 0.264 e. The Morgan fingerprint density at radius 2 is 2.29 bits per heavy atom. The van der Waals surface area contributed by atoms with Crippen LogP contribution >= 0.6 is 11.3 Å². The van der Waals surface area contributed by atoms with E-state index in [0.717, 1.165) is 15.4 Å². The van der Waals surface area contributed by atoms with Crippen LogP contribution in [0.25, 0.3) is 0 Å². The van der Waals surface area contributed by atoms with Crippen LogP contribution < -0.4 is 0 Å². The quantitative estimate of drug-likeness (QED) is 0.933. The fourth-order valence-electron chi connectivity index (χ4n) is 2.63. The molecule has 0 unspecified atom stereocenters. The summed E-state index contributed by atoms with van der Waals surface area (Å²) >= 11 is 1.49. The topological polar surface area (TPSA) is 66.3 Å². The summed E-state index contributed by atoms with van der Waals surface area (Å²) in [5.74, 6) is 0.0282. The summed E-state index contributed by atoms with van der Waals surface area (Å²) in [6.07, 6.45) is 5.12. The standard InChI is InChI=1S/C15H17N3O2S/c1-10-2-3-14(21-10)15(20)18-8-11(13(19)9-18)6-12-7-16-4-5-17-12/h2-5,7,11,13,19H,6,8-9H2,1H3/t11-,13-/m1/s1. The lowest BCUT2D eigenvalue weighted by molar-refractivity contribution is 0.0769. The molecule has 1 saturated heterocycles. The Labute approximate surface area is 127 Å². The number of hydrogen-bond acceptors (Lipinski definition) is 5. The van der Waals surface area contributed by atoms with Gasteiger partial charge in [0.1, 0.15) is 0 Å². The molecule has 3 rings (SSSR count). The second-order valence-corrected chi connectivity index (χ2v) is 6.64. The number of aliphatic hydroxyl groups excluding tert-OH is 1. The van der Waals surface area contributed by atoms with E-state index in [4.69, 9.17) is 0 Å². The summed E-state index contributed by atoms with van der Waals surface area (Å²) < 4.78 is 0. The van der Waals surface area contributed by atoms with Crippen molar-refractivity contribution in [2.24, 2.45) is 5.92 Å². The van der Waals surface area contributed by atoms with E-state index in [1.807, 2.05) is 19.1 Å². The molecule has 21 heavy (non-hydrogen) atoms. The maximum atomic E-state index is 12.4. The zero-order valence-electron chi connectivity index (χ0n) is 11.8. The molecule has 5 nitrogen and oxygen atoms in total. The van der Waals surface area contributed by atoms with Crippen molar-refractivity contribution in [1.82, 2.24) is 14.9 Å². The van der Waals surface area contributed by atoms with E-state index in [-0.39, 0.29) is 11.8 Å². The summed E-state index contributed by atoms with van der Waals surface area (Å²) in [4.78, 5) is 24.3.